The molecule has 0 saturated heterocycles. The van der Waals surface area contributed by atoms with Crippen LogP contribution in [0.3, 0.4) is 0 Å². The largest absolute Gasteiger partial charge is 0.445 e. The highest BCUT2D eigenvalue weighted by Crippen LogP contribution is 2.22. The second-order valence-corrected chi connectivity index (χ2v) is 5.55. The smallest absolute Gasteiger partial charge is 0.208 e. The fourth-order valence-corrected chi connectivity index (χ4v) is 2.68. The van der Waals surface area contributed by atoms with E-state index < -0.39 is 0 Å². The van der Waals surface area contributed by atoms with Gasteiger partial charge in [-0.25, -0.2) is 9.97 Å². The van der Waals surface area contributed by atoms with Gasteiger partial charge in [-0.3, -0.25) is 0 Å². The molecule has 5 heteroatoms. The van der Waals surface area contributed by atoms with Gasteiger partial charge in [-0.05, 0) is 27.7 Å². The Kier molecular flexibility index (Phi) is 3.59. The third-order valence-electron chi connectivity index (χ3n) is 2.58. The van der Waals surface area contributed by atoms with Gasteiger partial charge in [0.15, 0.2) is 0 Å². The highest BCUT2D eigenvalue weighted by atomic mass is 32.1. The molecule has 2 aromatic heterocycles. The summed E-state index contributed by atoms with van der Waals surface area (Å²) >= 11 is 1.73. The quantitative estimate of drug-likeness (QED) is 0.907. The number of oxazole rings is 1. The fraction of sp³-hybridized carbons (Fsp3) is 0.500. The lowest BCUT2D eigenvalue weighted by atomic mass is 10.2. The molecule has 2 heterocycles. The number of aryl methyl sites for hydroxylation is 3. The number of nitrogens with one attached hydrogen (secondary N) is 1. The van der Waals surface area contributed by atoms with Crippen LogP contribution < -0.4 is 5.32 Å². The summed E-state index contributed by atoms with van der Waals surface area (Å²) in [6.07, 6.45) is 1.74. The zero-order valence-electron chi connectivity index (χ0n) is 10.6. The normalized spacial score (nSPS) is 12.9. The Morgan fingerprint density at radius 2 is 2.18 bits per heavy atom. The van der Waals surface area contributed by atoms with Crippen molar-refractivity contribution in [3.05, 3.63) is 33.4 Å². The average molecular weight is 251 g/mol. The Bertz CT molecular complexity index is 504. The summed E-state index contributed by atoms with van der Waals surface area (Å²) in [5, 5.41) is 4.48. The maximum atomic E-state index is 5.41. The van der Waals surface area contributed by atoms with Gasteiger partial charge in [0.05, 0.1) is 23.4 Å². The molecule has 0 fully saturated rings. The van der Waals surface area contributed by atoms with Crippen molar-refractivity contribution in [3.63, 3.8) is 0 Å². The highest BCUT2D eigenvalue weighted by Gasteiger charge is 2.13. The molecule has 0 aliphatic heterocycles. The lowest BCUT2D eigenvalue weighted by Gasteiger charge is -2.10. The second-order valence-electron chi connectivity index (χ2n) is 4.14. The minimum absolute atomic E-state index is 0.215. The maximum Gasteiger partial charge on any atom is 0.208 e. The zero-order chi connectivity index (χ0) is 12.4. The van der Waals surface area contributed by atoms with Gasteiger partial charge in [0.2, 0.25) is 5.89 Å². The number of thiazole rings is 1. The zero-order valence-corrected chi connectivity index (χ0v) is 11.4. The highest BCUT2D eigenvalue weighted by molar-refractivity contribution is 7.11. The first kappa shape index (κ1) is 12.3. The molecule has 0 aliphatic rings. The molecule has 2 aromatic rings. The Labute approximate surface area is 105 Å². The van der Waals surface area contributed by atoms with Crippen LogP contribution in [0.25, 0.3) is 0 Å². The molecular weight excluding hydrogens is 234 g/mol. The van der Waals surface area contributed by atoms with Crippen molar-refractivity contribution in [2.24, 2.45) is 0 Å². The standard InChI is InChI=1S/C12H17N3OS/c1-7-5-14-11(16-7)6-13-8(2)12-9(3)17-10(4)15-12/h5,8,13H,6H2,1-4H3. The summed E-state index contributed by atoms with van der Waals surface area (Å²) in [5.74, 6) is 1.56. The van der Waals surface area contributed by atoms with Gasteiger partial charge < -0.3 is 9.73 Å². The molecule has 0 amide bonds. The summed E-state index contributed by atoms with van der Waals surface area (Å²) in [7, 11) is 0. The minimum Gasteiger partial charge on any atom is -0.445 e. The van der Waals surface area contributed by atoms with Gasteiger partial charge in [0, 0.05) is 10.9 Å². The summed E-state index contributed by atoms with van der Waals surface area (Å²) in [5.41, 5.74) is 1.12. The van der Waals surface area contributed by atoms with Gasteiger partial charge in [-0.15, -0.1) is 11.3 Å². The first-order chi connectivity index (χ1) is 8.06. The summed E-state index contributed by atoms with van der Waals surface area (Å²) in [6.45, 7) is 8.77. The van der Waals surface area contributed by atoms with Crippen LogP contribution in [0.5, 0.6) is 0 Å². The van der Waals surface area contributed by atoms with Crippen molar-refractivity contribution in [2.45, 2.75) is 40.3 Å². The van der Waals surface area contributed by atoms with Crippen LogP contribution in [0, 0.1) is 20.8 Å². The van der Waals surface area contributed by atoms with Crippen LogP contribution in [0.15, 0.2) is 10.6 Å². The molecule has 0 bridgehead atoms. The van der Waals surface area contributed by atoms with Crippen molar-refractivity contribution >= 4 is 11.3 Å². The molecule has 1 unspecified atom stereocenters. The molecular formula is C12H17N3OS. The van der Waals surface area contributed by atoms with Crippen LogP contribution >= 0.6 is 11.3 Å². The maximum absolute atomic E-state index is 5.41. The molecule has 2 rings (SSSR count). The van der Waals surface area contributed by atoms with Gasteiger partial charge >= 0.3 is 0 Å². The van der Waals surface area contributed by atoms with E-state index in [4.69, 9.17) is 4.42 Å². The van der Waals surface area contributed by atoms with Gasteiger partial charge in [0.1, 0.15) is 5.76 Å². The number of hydrogen-bond donors (Lipinski definition) is 1. The Balaban J connectivity index is 1.97. The molecule has 4 nitrogen and oxygen atoms in total. The Morgan fingerprint density at radius 3 is 2.71 bits per heavy atom. The van der Waals surface area contributed by atoms with E-state index in [1.165, 1.54) is 4.88 Å². The van der Waals surface area contributed by atoms with Crippen molar-refractivity contribution in [1.29, 1.82) is 0 Å². The average Bonchev–Trinajstić information content (AvgIpc) is 2.81. The van der Waals surface area contributed by atoms with E-state index >= 15 is 0 Å². The van der Waals surface area contributed by atoms with E-state index in [1.807, 2.05) is 13.8 Å². The van der Waals surface area contributed by atoms with Crippen molar-refractivity contribution < 1.29 is 4.42 Å². The fourth-order valence-electron chi connectivity index (χ4n) is 1.77. The van der Waals surface area contributed by atoms with E-state index in [1.54, 1.807) is 17.5 Å². The molecule has 0 saturated carbocycles. The summed E-state index contributed by atoms with van der Waals surface area (Å²) in [4.78, 5) is 9.96. The lowest BCUT2D eigenvalue weighted by Crippen LogP contribution is -2.19. The molecule has 1 N–H and O–H groups in total. The summed E-state index contributed by atoms with van der Waals surface area (Å²) in [6, 6.07) is 0.215. The van der Waals surface area contributed by atoms with Crippen LogP contribution in [-0.4, -0.2) is 9.97 Å². The van der Waals surface area contributed by atoms with Gasteiger partial charge in [-0.2, -0.15) is 0 Å². The topological polar surface area (TPSA) is 51.0 Å². The van der Waals surface area contributed by atoms with Crippen LogP contribution in [-0.2, 0) is 6.54 Å². The van der Waals surface area contributed by atoms with Crippen molar-refractivity contribution in [2.75, 3.05) is 0 Å². The summed E-state index contributed by atoms with van der Waals surface area (Å²) < 4.78 is 5.41. The first-order valence-corrected chi connectivity index (χ1v) is 6.46. The Morgan fingerprint density at radius 1 is 1.41 bits per heavy atom. The Hall–Kier alpha value is -1.20. The van der Waals surface area contributed by atoms with Crippen LogP contribution in [0.4, 0.5) is 0 Å². The lowest BCUT2D eigenvalue weighted by molar-refractivity contribution is 0.430. The number of rotatable bonds is 4. The van der Waals surface area contributed by atoms with Gasteiger partial charge in [0.25, 0.3) is 0 Å². The third kappa shape index (κ3) is 2.92. The molecule has 0 aromatic carbocycles. The molecule has 1 atom stereocenters. The minimum atomic E-state index is 0.215. The van der Waals surface area contributed by atoms with Crippen molar-refractivity contribution in [1.82, 2.24) is 15.3 Å². The van der Waals surface area contributed by atoms with E-state index in [-0.39, 0.29) is 6.04 Å². The predicted octanol–water partition coefficient (Wildman–Crippen LogP) is 2.91. The first-order valence-electron chi connectivity index (χ1n) is 5.65. The third-order valence-corrected chi connectivity index (χ3v) is 3.48. The molecule has 92 valence electrons. The van der Waals surface area contributed by atoms with Crippen molar-refractivity contribution in [3.8, 4) is 0 Å². The van der Waals surface area contributed by atoms with Crippen LogP contribution in [0.1, 0.15) is 40.2 Å². The van der Waals surface area contributed by atoms with E-state index in [0.717, 1.165) is 22.4 Å². The van der Waals surface area contributed by atoms with E-state index in [2.05, 4.69) is 29.1 Å². The molecule has 0 radical (unpaired) electrons. The number of aromatic nitrogens is 2. The molecule has 0 aliphatic carbocycles. The SMILES string of the molecule is Cc1cnc(CNC(C)c2nc(C)sc2C)o1. The molecule has 0 spiro atoms. The second kappa shape index (κ2) is 4.98. The molecule has 17 heavy (non-hydrogen) atoms. The van der Waals surface area contributed by atoms with E-state index in [0.29, 0.717) is 6.54 Å². The van der Waals surface area contributed by atoms with Gasteiger partial charge in [-0.1, -0.05) is 0 Å². The predicted molar refractivity (Wildman–Crippen MR) is 68.1 cm³/mol. The number of nitrogens with zero attached hydrogens (tertiary/aromatic N) is 2. The monoisotopic (exact) mass is 251 g/mol. The van der Waals surface area contributed by atoms with E-state index in [9.17, 15) is 0 Å². The van der Waals surface area contributed by atoms with Crippen LogP contribution in [0.2, 0.25) is 0 Å². The number of hydrogen-bond acceptors (Lipinski definition) is 5.